The van der Waals surface area contributed by atoms with Crippen molar-refractivity contribution in [1.29, 1.82) is 0 Å². The maximum Gasteiger partial charge on any atom is 0.214 e. The van der Waals surface area contributed by atoms with E-state index in [1.807, 2.05) is 54.2 Å². The van der Waals surface area contributed by atoms with Crippen molar-refractivity contribution in [1.82, 2.24) is 14.1 Å². The SMILES string of the molecule is C[C@H](CS(=O)(=O)N1CCC(n2cccn2)CC1)c1ccccc1. The van der Waals surface area contributed by atoms with Crippen LogP contribution in [0.25, 0.3) is 0 Å². The summed E-state index contributed by atoms with van der Waals surface area (Å²) in [5.41, 5.74) is 1.07. The fraction of sp³-hybridized carbons (Fsp3) is 0.471. The first-order chi connectivity index (χ1) is 11.1. The quantitative estimate of drug-likeness (QED) is 0.845. The molecule has 2 heterocycles. The van der Waals surface area contributed by atoms with Gasteiger partial charge in [-0.15, -0.1) is 0 Å². The van der Waals surface area contributed by atoms with Gasteiger partial charge < -0.3 is 0 Å². The van der Waals surface area contributed by atoms with Crippen molar-refractivity contribution >= 4 is 10.0 Å². The van der Waals surface area contributed by atoms with Crippen LogP contribution in [0.3, 0.4) is 0 Å². The molecule has 0 saturated carbocycles. The lowest BCUT2D eigenvalue weighted by atomic mass is 10.0. The van der Waals surface area contributed by atoms with Crippen LogP contribution >= 0.6 is 0 Å². The predicted molar refractivity (Wildman–Crippen MR) is 90.7 cm³/mol. The molecule has 1 atom stereocenters. The molecule has 5 nitrogen and oxygen atoms in total. The lowest BCUT2D eigenvalue weighted by Crippen LogP contribution is -2.41. The third kappa shape index (κ3) is 3.82. The Morgan fingerprint density at radius 1 is 1.17 bits per heavy atom. The van der Waals surface area contributed by atoms with Crippen LogP contribution in [0.1, 0.15) is 37.3 Å². The summed E-state index contributed by atoms with van der Waals surface area (Å²) in [6.07, 6.45) is 5.36. The third-order valence-electron chi connectivity index (χ3n) is 4.55. The van der Waals surface area contributed by atoms with Crippen LogP contribution in [0.15, 0.2) is 48.8 Å². The van der Waals surface area contributed by atoms with E-state index in [-0.39, 0.29) is 11.7 Å². The first-order valence-corrected chi connectivity index (χ1v) is 9.69. The Morgan fingerprint density at radius 2 is 1.87 bits per heavy atom. The molecule has 1 aromatic heterocycles. The van der Waals surface area contributed by atoms with E-state index < -0.39 is 10.0 Å². The van der Waals surface area contributed by atoms with Crippen molar-refractivity contribution in [3.05, 3.63) is 54.4 Å². The second-order valence-electron chi connectivity index (χ2n) is 6.21. The van der Waals surface area contributed by atoms with E-state index in [0.717, 1.165) is 18.4 Å². The topological polar surface area (TPSA) is 55.2 Å². The van der Waals surface area contributed by atoms with Gasteiger partial charge in [0.2, 0.25) is 10.0 Å². The highest BCUT2D eigenvalue weighted by atomic mass is 32.2. The van der Waals surface area contributed by atoms with Crippen LogP contribution in [-0.4, -0.2) is 41.3 Å². The summed E-state index contributed by atoms with van der Waals surface area (Å²) in [5, 5.41) is 4.26. The minimum absolute atomic E-state index is 0.00467. The number of rotatable bonds is 5. The largest absolute Gasteiger partial charge is 0.270 e. The Morgan fingerprint density at radius 3 is 2.48 bits per heavy atom. The minimum atomic E-state index is -3.22. The van der Waals surface area contributed by atoms with Crippen LogP contribution in [-0.2, 0) is 10.0 Å². The van der Waals surface area contributed by atoms with E-state index in [1.165, 1.54) is 0 Å². The summed E-state index contributed by atoms with van der Waals surface area (Å²) in [4.78, 5) is 0. The number of piperidine rings is 1. The molecule has 0 unspecified atom stereocenters. The van der Waals surface area contributed by atoms with Crippen LogP contribution in [0.5, 0.6) is 0 Å². The van der Waals surface area contributed by atoms with E-state index in [0.29, 0.717) is 19.1 Å². The highest BCUT2D eigenvalue weighted by molar-refractivity contribution is 7.89. The molecule has 0 bridgehead atoms. The number of aromatic nitrogens is 2. The molecule has 0 spiro atoms. The summed E-state index contributed by atoms with van der Waals surface area (Å²) < 4.78 is 28.9. The van der Waals surface area contributed by atoms with Crippen LogP contribution in [0.2, 0.25) is 0 Å². The van der Waals surface area contributed by atoms with E-state index >= 15 is 0 Å². The number of sulfonamides is 1. The van der Waals surface area contributed by atoms with Gasteiger partial charge in [-0.2, -0.15) is 5.10 Å². The van der Waals surface area contributed by atoms with Crippen molar-refractivity contribution in [2.75, 3.05) is 18.8 Å². The molecular weight excluding hydrogens is 310 g/mol. The monoisotopic (exact) mass is 333 g/mol. The fourth-order valence-corrected chi connectivity index (χ4v) is 4.98. The normalized spacial score (nSPS) is 18.8. The molecule has 6 heteroatoms. The maximum absolute atomic E-state index is 12.7. The highest BCUT2D eigenvalue weighted by Gasteiger charge is 2.30. The number of benzene rings is 1. The Labute approximate surface area is 138 Å². The molecule has 1 aliphatic rings. The zero-order chi connectivity index (χ0) is 16.3. The van der Waals surface area contributed by atoms with Gasteiger partial charge in [0, 0.05) is 25.5 Å². The standard InChI is InChI=1S/C17H23N3O2S/c1-15(16-6-3-2-4-7-16)14-23(21,22)19-12-8-17(9-13-19)20-11-5-10-18-20/h2-7,10-11,15,17H,8-9,12-14H2,1H3/t15-/m1/s1. The van der Waals surface area contributed by atoms with E-state index in [4.69, 9.17) is 0 Å². The molecule has 124 valence electrons. The Balaban J connectivity index is 1.60. The smallest absolute Gasteiger partial charge is 0.214 e. The van der Waals surface area contributed by atoms with Gasteiger partial charge in [0.25, 0.3) is 0 Å². The summed E-state index contributed by atoms with van der Waals surface area (Å²) >= 11 is 0. The molecule has 0 aliphatic carbocycles. The van der Waals surface area contributed by atoms with Crippen molar-refractivity contribution in [3.8, 4) is 0 Å². The van der Waals surface area contributed by atoms with Gasteiger partial charge >= 0.3 is 0 Å². The molecule has 1 aliphatic heterocycles. The lowest BCUT2D eigenvalue weighted by molar-refractivity contribution is 0.261. The second-order valence-corrected chi connectivity index (χ2v) is 8.22. The van der Waals surface area contributed by atoms with Crippen molar-refractivity contribution in [2.45, 2.75) is 31.7 Å². The highest BCUT2D eigenvalue weighted by Crippen LogP contribution is 2.25. The Kier molecular flexibility index (Phi) is 4.82. The van der Waals surface area contributed by atoms with Crippen molar-refractivity contribution in [3.63, 3.8) is 0 Å². The van der Waals surface area contributed by atoms with E-state index in [1.54, 1.807) is 10.5 Å². The van der Waals surface area contributed by atoms with Crippen LogP contribution in [0.4, 0.5) is 0 Å². The number of hydrogen-bond acceptors (Lipinski definition) is 3. The molecular formula is C17H23N3O2S. The maximum atomic E-state index is 12.7. The van der Waals surface area contributed by atoms with E-state index in [9.17, 15) is 8.42 Å². The van der Waals surface area contributed by atoms with Gasteiger partial charge in [-0.25, -0.2) is 12.7 Å². The molecule has 0 radical (unpaired) electrons. The second kappa shape index (κ2) is 6.84. The Bertz CT molecular complexity index is 706. The first kappa shape index (κ1) is 16.2. The zero-order valence-corrected chi connectivity index (χ0v) is 14.2. The van der Waals surface area contributed by atoms with Gasteiger partial charge in [-0.3, -0.25) is 4.68 Å². The summed E-state index contributed by atoms with van der Waals surface area (Å²) in [6, 6.07) is 12.1. The predicted octanol–water partition coefficient (Wildman–Crippen LogP) is 2.65. The molecule has 3 rings (SSSR count). The van der Waals surface area contributed by atoms with Crippen molar-refractivity contribution < 1.29 is 8.42 Å². The molecule has 0 amide bonds. The fourth-order valence-electron chi connectivity index (χ4n) is 3.18. The van der Waals surface area contributed by atoms with Gasteiger partial charge in [0.05, 0.1) is 11.8 Å². The summed E-state index contributed by atoms with van der Waals surface area (Å²) in [7, 11) is -3.22. The first-order valence-electron chi connectivity index (χ1n) is 8.08. The third-order valence-corrected chi connectivity index (χ3v) is 6.62. The van der Waals surface area contributed by atoms with Gasteiger partial charge in [-0.1, -0.05) is 37.3 Å². The molecule has 1 aromatic carbocycles. The molecule has 1 fully saturated rings. The summed E-state index contributed by atoms with van der Waals surface area (Å²) in [6.45, 7) is 3.13. The van der Waals surface area contributed by atoms with Crippen molar-refractivity contribution in [2.24, 2.45) is 0 Å². The molecule has 1 saturated heterocycles. The Hall–Kier alpha value is -1.66. The van der Waals surface area contributed by atoms with Gasteiger partial charge in [0.15, 0.2) is 0 Å². The number of hydrogen-bond donors (Lipinski definition) is 0. The zero-order valence-electron chi connectivity index (χ0n) is 13.4. The molecule has 2 aromatic rings. The lowest BCUT2D eigenvalue weighted by Gasteiger charge is -2.32. The van der Waals surface area contributed by atoms with Crippen LogP contribution < -0.4 is 0 Å². The average Bonchev–Trinajstić information content (AvgIpc) is 3.10. The van der Waals surface area contributed by atoms with Gasteiger partial charge in [0.1, 0.15) is 0 Å². The van der Waals surface area contributed by atoms with Crippen LogP contribution in [0, 0.1) is 0 Å². The summed E-state index contributed by atoms with van der Waals surface area (Å²) in [5.74, 6) is 0.175. The number of nitrogens with zero attached hydrogens (tertiary/aromatic N) is 3. The average molecular weight is 333 g/mol. The minimum Gasteiger partial charge on any atom is -0.270 e. The molecule has 0 N–H and O–H groups in total. The molecule has 23 heavy (non-hydrogen) atoms. The van der Waals surface area contributed by atoms with Gasteiger partial charge in [-0.05, 0) is 30.4 Å². The van der Waals surface area contributed by atoms with E-state index in [2.05, 4.69) is 5.10 Å².